The second-order valence-electron chi connectivity index (χ2n) is 2.59. The molecule has 0 radical (unpaired) electrons. The number of aliphatic imine (C=N–C) groups is 1. The Morgan fingerprint density at radius 2 is 2.45 bits per heavy atom. The molecule has 11 heavy (non-hydrogen) atoms. The smallest absolute Gasteiger partial charge is 0.137 e. The minimum atomic E-state index is 0.501. The summed E-state index contributed by atoms with van der Waals surface area (Å²) in [6.07, 6.45) is 2.38. The summed E-state index contributed by atoms with van der Waals surface area (Å²) < 4.78 is 5.14. The van der Waals surface area contributed by atoms with Crippen LogP contribution in [0.1, 0.15) is 19.8 Å². The van der Waals surface area contributed by atoms with Crippen LogP contribution >= 0.6 is 0 Å². The minimum Gasteiger partial charge on any atom is -0.374 e. The lowest BCUT2D eigenvalue weighted by molar-refractivity contribution is 0.185. The quantitative estimate of drug-likeness (QED) is 0.262. The Morgan fingerprint density at radius 1 is 1.73 bits per heavy atom. The van der Waals surface area contributed by atoms with E-state index in [0.717, 1.165) is 5.84 Å². The summed E-state index contributed by atoms with van der Waals surface area (Å²) in [6.45, 7) is 3.15. The zero-order valence-electron chi connectivity index (χ0n) is 6.84. The molecule has 0 aromatic carbocycles. The van der Waals surface area contributed by atoms with E-state index in [9.17, 15) is 0 Å². The molecule has 0 unspecified atom stereocenters. The van der Waals surface area contributed by atoms with Crippen molar-refractivity contribution in [3.8, 4) is 0 Å². The molecule has 3 N–H and O–H groups in total. The summed E-state index contributed by atoms with van der Waals surface area (Å²) in [5.41, 5.74) is 2.53. The standard InChI is InChI=1S/C7H15N3O/c1-2-11-5-7(10-8)9-6-3-4-6/h6H,2-5,8H2,1H3,(H,9,10). The van der Waals surface area contributed by atoms with Crippen molar-refractivity contribution in [2.24, 2.45) is 10.8 Å². The van der Waals surface area contributed by atoms with Crippen LogP contribution in [-0.4, -0.2) is 25.1 Å². The van der Waals surface area contributed by atoms with Crippen molar-refractivity contribution in [1.29, 1.82) is 0 Å². The van der Waals surface area contributed by atoms with Gasteiger partial charge in [0.15, 0.2) is 0 Å². The maximum absolute atomic E-state index is 5.23. The van der Waals surface area contributed by atoms with Gasteiger partial charge in [-0.05, 0) is 19.8 Å². The van der Waals surface area contributed by atoms with Crippen LogP contribution in [0.2, 0.25) is 0 Å². The first kappa shape index (κ1) is 8.49. The van der Waals surface area contributed by atoms with E-state index >= 15 is 0 Å². The van der Waals surface area contributed by atoms with E-state index in [2.05, 4.69) is 10.4 Å². The molecular weight excluding hydrogens is 142 g/mol. The molecule has 0 aliphatic heterocycles. The van der Waals surface area contributed by atoms with Crippen molar-refractivity contribution >= 4 is 5.84 Å². The van der Waals surface area contributed by atoms with Gasteiger partial charge in [-0.25, -0.2) is 5.84 Å². The van der Waals surface area contributed by atoms with Crippen molar-refractivity contribution in [3.05, 3.63) is 0 Å². The van der Waals surface area contributed by atoms with E-state index in [1.165, 1.54) is 12.8 Å². The molecule has 0 aromatic rings. The van der Waals surface area contributed by atoms with Gasteiger partial charge in [-0.2, -0.15) is 0 Å². The van der Waals surface area contributed by atoms with Crippen LogP contribution in [-0.2, 0) is 4.74 Å². The Labute approximate surface area is 66.8 Å². The lowest BCUT2D eigenvalue weighted by Crippen LogP contribution is -2.34. The Hall–Kier alpha value is -0.610. The van der Waals surface area contributed by atoms with Gasteiger partial charge in [0, 0.05) is 6.61 Å². The average molecular weight is 157 g/mol. The summed E-state index contributed by atoms with van der Waals surface area (Å²) in [6, 6.07) is 0.501. The molecule has 0 heterocycles. The van der Waals surface area contributed by atoms with Gasteiger partial charge in [0.05, 0.1) is 6.04 Å². The molecule has 4 nitrogen and oxygen atoms in total. The monoisotopic (exact) mass is 157 g/mol. The third-order valence-corrected chi connectivity index (χ3v) is 1.49. The second-order valence-corrected chi connectivity index (χ2v) is 2.59. The highest BCUT2D eigenvalue weighted by Crippen LogP contribution is 2.23. The van der Waals surface area contributed by atoms with Gasteiger partial charge >= 0.3 is 0 Å². The summed E-state index contributed by atoms with van der Waals surface area (Å²) in [5, 5.41) is 0. The number of nitrogens with two attached hydrogens (primary N) is 1. The Bertz CT molecular complexity index is 143. The van der Waals surface area contributed by atoms with Gasteiger partial charge in [-0.3, -0.25) is 4.99 Å². The van der Waals surface area contributed by atoms with Crippen LogP contribution in [0.4, 0.5) is 0 Å². The summed E-state index contributed by atoms with van der Waals surface area (Å²) in [5.74, 6) is 5.99. The lowest BCUT2D eigenvalue weighted by Gasteiger charge is -2.04. The maximum atomic E-state index is 5.23. The molecule has 0 amide bonds. The number of nitrogens with zero attached hydrogens (tertiary/aromatic N) is 1. The molecule has 0 atom stereocenters. The predicted molar refractivity (Wildman–Crippen MR) is 44.3 cm³/mol. The Kier molecular flexibility index (Phi) is 3.32. The molecule has 0 aromatic heterocycles. The van der Waals surface area contributed by atoms with Crippen molar-refractivity contribution in [2.75, 3.05) is 13.2 Å². The molecule has 0 saturated heterocycles. The van der Waals surface area contributed by atoms with Crippen LogP contribution in [0.5, 0.6) is 0 Å². The number of rotatable bonds is 4. The van der Waals surface area contributed by atoms with Crippen LogP contribution in [0.3, 0.4) is 0 Å². The molecule has 4 heteroatoms. The van der Waals surface area contributed by atoms with E-state index in [4.69, 9.17) is 10.6 Å². The molecule has 1 fully saturated rings. The zero-order valence-corrected chi connectivity index (χ0v) is 6.84. The largest absolute Gasteiger partial charge is 0.374 e. The van der Waals surface area contributed by atoms with Gasteiger partial charge in [-0.15, -0.1) is 0 Å². The third-order valence-electron chi connectivity index (χ3n) is 1.49. The third kappa shape index (κ3) is 3.34. The SMILES string of the molecule is CCOCC(=NC1CC1)NN. The number of hydrazine groups is 1. The van der Waals surface area contributed by atoms with E-state index < -0.39 is 0 Å². The van der Waals surface area contributed by atoms with Crippen LogP contribution < -0.4 is 11.3 Å². The Morgan fingerprint density at radius 3 is 2.91 bits per heavy atom. The fourth-order valence-electron chi connectivity index (χ4n) is 0.739. The summed E-state index contributed by atoms with van der Waals surface area (Å²) >= 11 is 0. The van der Waals surface area contributed by atoms with Gasteiger partial charge in [0.2, 0.25) is 0 Å². The summed E-state index contributed by atoms with van der Waals surface area (Å²) in [7, 11) is 0. The van der Waals surface area contributed by atoms with Gasteiger partial charge in [0.25, 0.3) is 0 Å². The Balaban J connectivity index is 2.22. The van der Waals surface area contributed by atoms with E-state index in [0.29, 0.717) is 19.3 Å². The van der Waals surface area contributed by atoms with E-state index in [1.807, 2.05) is 6.92 Å². The van der Waals surface area contributed by atoms with Crippen molar-refractivity contribution < 1.29 is 4.74 Å². The predicted octanol–water partition coefficient (Wildman–Crippen LogP) is 0.0471. The average Bonchev–Trinajstić information content (AvgIpc) is 2.81. The number of nitrogens with one attached hydrogen (secondary N) is 1. The maximum Gasteiger partial charge on any atom is 0.137 e. The first-order chi connectivity index (χ1) is 5.36. The van der Waals surface area contributed by atoms with Crippen molar-refractivity contribution in [2.45, 2.75) is 25.8 Å². The fraction of sp³-hybridized carbons (Fsp3) is 0.857. The van der Waals surface area contributed by atoms with E-state index in [1.54, 1.807) is 0 Å². The molecule has 1 aliphatic rings. The van der Waals surface area contributed by atoms with Crippen molar-refractivity contribution in [3.63, 3.8) is 0 Å². The molecule has 64 valence electrons. The van der Waals surface area contributed by atoms with Gasteiger partial charge in [0.1, 0.15) is 12.4 Å². The number of amidine groups is 1. The molecule has 1 aliphatic carbocycles. The lowest BCUT2D eigenvalue weighted by atomic mass is 10.6. The first-order valence-corrected chi connectivity index (χ1v) is 3.97. The molecule has 1 saturated carbocycles. The minimum absolute atomic E-state index is 0.501. The van der Waals surface area contributed by atoms with Gasteiger partial charge < -0.3 is 10.2 Å². The summed E-state index contributed by atoms with van der Waals surface area (Å²) in [4.78, 5) is 4.30. The number of ether oxygens (including phenoxy) is 1. The molecular formula is C7H15N3O. The second kappa shape index (κ2) is 4.31. The number of hydrogen-bond donors (Lipinski definition) is 2. The topological polar surface area (TPSA) is 59.6 Å². The highest BCUT2D eigenvalue weighted by atomic mass is 16.5. The van der Waals surface area contributed by atoms with Gasteiger partial charge in [-0.1, -0.05) is 0 Å². The zero-order chi connectivity index (χ0) is 8.10. The molecule has 0 bridgehead atoms. The van der Waals surface area contributed by atoms with Crippen LogP contribution in [0.25, 0.3) is 0 Å². The van der Waals surface area contributed by atoms with Crippen LogP contribution in [0.15, 0.2) is 4.99 Å². The highest BCUT2D eigenvalue weighted by molar-refractivity contribution is 5.83. The van der Waals surface area contributed by atoms with Crippen molar-refractivity contribution in [1.82, 2.24) is 5.43 Å². The fourth-order valence-corrected chi connectivity index (χ4v) is 0.739. The molecule has 0 spiro atoms. The highest BCUT2D eigenvalue weighted by Gasteiger charge is 2.20. The first-order valence-electron chi connectivity index (χ1n) is 3.97. The van der Waals surface area contributed by atoms with E-state index in [-0.39, 0.29) is 0 Å². The molecule has 1 rings (SSSR count). The van der Waals surface area contributed by atoms with Crippen LogP contribution in [0, 0.1) is 0 Å². The normalized spacial score (nSPS) is 18.5. The number of hydrogen-bond acceptors (Lipinski definition) is 3.